The minimum atomic E-state index is -0.304. The molecule has 5 heteroatoms. The van der Waals surface area contributed by atoms with Gasteiger partial charge < -0.3 is 14.3 Å². The van der Waals surface area contributed by atoms with Crippen molar-refractivity contribution < 1.29 is 9.31 Å². The monoisotopic (exact) mass is 440 g/mol. The number of hydrogen-bond donors (Lipinski definition) is 1. The molecule has 0 amide bonds. The summed E-state index contributed by atoms with van der Waals surface area (Å²) >= 11 is 0. The number of hydrogen-bond acceptors (Lipinski definition) is 3. The van der Waals surface area contributed by atoms with Gasteiger partial charge in [0.2, 0.25) is 0 Å². The maximum absolute atomic E-state index is 6.13. The highest BCUT2D eigenvalue weighted by molar-refractivity contribution is 6.62. The summed E-state index contributed by atoms with van der Waals surface area (Å²) in [6.45, 7) is 10.2. The number of nitrogens with zero attached hydrogens (tertiary/aromatic N) is 1. The summed E-state index contributed by atoms with van der Waals surface area (Å²) in [5, 5.41) is 2.41. The normalized spacial score (nSPS) is 20.0. The molecule has 0 bridgehead atoms. The summed E-state index contributed by atoms with van der Waals surface area (Å²) in [6.07, 6.45) is 3.90. The Morgan fingerprint density at radius 3 is 2.33 bits per heavy atom. The van der Waals surface area contributed by atoms with Crippen molar-refractivity contribution >= 4 is 34.4 Å². The van der Waals surface area contributed by atoms with E-state index in [0.29, 0.717) is 5.92 Å². The van der Waals surface area contributed by atoms with Crippen LogP contribution in [0.25, 0.3) is 32.9 Å². The largest absolute Gasteiger partial charge is 0.494 e. The van der Waals surface area contributed by atoms with Gasteiger partial charge in [-0.2, -0.15) is 0 Å². The summed E-state index contributed by atoms with van der Waals surface area (Å²) in [7, 11) is -0.304. The first kappa shape index (κ1) is 22.2. The summed E-state index contributed by atoms with van der Waals surface area (Å²) < 4.78 is 12.2. The molecule has 1 saturated carbocycles. The standard InChI is InChI=1S/C26H27BN2O2.C2H6/c1-16-26(2,3)31-27(30-16)22-11-9-19-13-18(7-8-20(19)14-22)21-10-12-23-24(15-21)29-25(28-23)17-5-4-6-17;1-2/h7-17H,4-6H2,1-3H3,(H,28,29);1-2H3. The molecule has 1 N–H and O–H groups in total. The molecule has 4 nitrogen and oxygen atoms in total. The maximum Gasteiger partial charge on any atom is 0.494 e. The van der Waals surface area contributed by atoms with Crippen molar-refractivity contribution in [2.24, 2.45) is 0 Å². The minimum absolute atomic E-state index is 0.0674. The number of aromatic amines is 1. The predicted octanol–water partition coefficient (Wildman–Crippen LogP) is 6.59. The topological polar surface area (TPSA) is 47.1 Å². The minimum Gasteiger partial charge on any atom is -0.402 e. The van der Waals surface area contributed by atoms with Crippen molar-refractivity contribution in [1.82, 2.24) is 9.97 Å². The van der Waals surface area contributed by atoms with Gasteiger partial charge in [-0.25, -0.2) is 4.98 Å². The Bertz CT molecular complexity index is 1290. The van der Waals surface area contributed by atoms with Crippen LogP contribution in [0.2, 0.25) is 0 Å². The summed E-state index contributed by atoms with van der Waals surface area (Å²) in [4.78, 5) is 8.36. The van der Waals surface area contributed by atoms with Gasteiger partial charge in [0.05, 0.1) is 22.7 Å². The highest BCUT2D eigenvalue weighted by Crippen LogP contribution is 2.36. The van der Waals surface area contributed by atoms with Gasteiger partial charge in [0.25, 0.3) is 0 Å². The summed E-state index contributed by atoms with van der Waals surface area (Å²) in [6, 6.07) is 19.6. The van der Waals surface area contributed by atoms with Crippen molar-refractivity contribution in [2.45, 2.75) is 71.5 Å². The Balaban J connectivity index is 0.00000111. The van der Waals surface area contributed by atoms with Crippen LogP contribution in [0.5, 0.6) is 0 Å². The first-order valence-electron chi connectivity index (χ1n) is 12.3. The van der Waals surface area contributed by atoms with E-state index in [-0.39, 0.29) is 18.8 Å². The van der Waals surface area contributed by atoms with Crippen LogP contribution in [-0.2, 0) is 9.31 Å². The molecule has 2 fully saturated rings. The zero-order valence-electron chi connectivity index (χ0n) is 20.3. The molecule has 1 aromatic heterocycles. The predicted molar refractivity (Wildman–Crippen MR) is 138 cm³/mol. The highest BCUT2D eigenvalue weighted by Gasteiger charge is 2.43. The third kappa shape index (κ3) is 4.09. The van der Waals surface area contributed by atoms with Crippen LogP contribution < -0.4 is 5.46 Å². The van der Waals surface area contributed by atoms with Crippen LogP contribution in [0, 0.1) is 0 Å². The number of rotatable bonds is 3. The molecule has 4 aromatic rings. The highest BCUT2D eigenvalue weighted by atomic mass is 16.7. The number of aromatic nitrogens is 2. The van der Waals surface area contributed by atoms with Gasteiger partial charge in [-0.3, -0.25) is 0 Å². The van der Waals surface area contributed by atoms with Crippen molar-refractivity contribution in [3.8, 4) is 11.1 Å². The molecule has 0 radical (unpaired) electrons. The average Bonchev–Trinajstić information content (AvgIpc) is 3.32. The van der Waals surface area contributed by atoms with Crippen molar-refractivity contribution in [1.29, 1.82) is 0 Å². The molecule has 1 atom stereocenters. The van der Waals surface area contributed by atoms with Gasteiger partial charge in [-0.15, -0.1) is 0 Å². The van der Waals surface area contributed by atoms with E-state index in [9.17, 15) is 0 Å². The molecular weight excluding hydrogens is 407 g/mol. The Morgan fingerprint density at radius 1 is 0.939 bits per heavy atom. The van der Waals surface area contributed by atoms with Gasteiger partial charge in [-0.05, 0) is 79.2 Å². The molecule has 2 heterocycles. The third-order valence-corrected chi connectivity index (χ3v) is 7.18. The Kier molecular flexibility index (Phi) is 5.80. The second-order valence-electron chi connectivity index (χ2n) is 9.63. The van der Waals surface area contributed by atoms with E-state index in [1.165, 1.54) is 41.2 Å². The lowest BCUT2D eigenvalue weighted by Crippen LogP contribution is -2.34. The van der Waals surface area contributed by atoms with E-state index >= 15 is 0 Å². The van der Waals surface area contributed by atoms with Gasteiger partial charge in [-0.1, -0.05) is 56.7 Å². The molecule has 33 heavy (non-hydrogen) atoms. The number of H-pyrrole nitrogens is 1. The van der Waals surface area contributed by atoms with E-state index in [1.54, 1.807) is 0 Å². The van der Waals surface area contributed by atoms with Crippen LogP contribution in [0.4, 0.5) is 0 Å². The lowest BCUT2D eigenvalue weighted by molar-refractivity contribution is 0.0842. The van der Waals surface area contributed by atoms with E-state index in [0.717, 1.165) is 22.3 Å². The Morgan fingerprint density at radius 2 is 1.64 bits per heavy atom. The SMILES string of the molecule is CC.CC1OB(c2ccc3cc(-c4ccc5nc(C6CCC6)[nH]c5c4)ccc3c2)OC1(C)C. The van der Waals surface area contributed by atoms with Gasteiger partial charge in [0.15, 0.2) is 0 Å². The van der Waals surface area contributed by atoms with E-state index < -0.39 is 0 Å². The van der Waals surface area contributed by atoms with Crippen molar-refractivity contribution in [2.75, 3.05) is 0 Å². The number of fused-ring (bicyclic) bond motifs is 2. The fraction of sp³-hybridized carbons (Fsp3) is 0.393. The zero-order chi connectivity index (χ0) is 23.2. The quantitative estimate of drug-likeness (QED) is 0.366. The first-order chi connectivity index (χ1) is 16.0. The van der Waals surface area contributed by atoms with Crippen molar-refractivity contribution in [3.05, 3.63) is 60.4 Å². The summed E-state index contributed by atoms with van der Waals surface area (Å²) in [5.74, 6) is 1.77. The second-order valence-corrected chi connectivity index (χ2v) is 9.63. The molecule has 6 rings (SSSR count). The van der Waals surface area contributed by atoms with Gasteiger partial charge in [0, 0.05) is 5.92 Å². The molecule has 2 aliphatic rings. The summed E-state index contributed by atoms with van der Waals surface area (Å²) in [5.41, 5.74) is 5.41. The molecule has 0 spiro atoms. The zero-order valence-corrected chi connectivity index (χ0v) is 20.3. The fourth-order valence-corrected chi connectivity index (χ4v) is 4.57. The molecule has 3 aromatic carbocycles. The van der Waals surface area contributed by atoms with E-state index in [4.69, 9.17) is 14.3 Å². The van der Waals surface area contributed by atoms with Crippen LogP contribution in [-0.4, -0.2) is 28.8 Å². The van der Waals surface area contributed by atoms with Gasteiger partial charge in [0.1, 0.15) is 5.82 Å². The van der Waals surface area contributed by atoms with Crippen LogP contribution in [0.3, 0.4) is 0 Å². The molecule has 170 valence electrons. The molecule has 1 saturated heterocycles. The molecule has 1 aliphatic heterocycles. The maximum atomic E-state index is 6.13. The molecular formula is C28H33BN2O2. The van der Waals surface area contributed by atoms with E-state index in [1.807, 2.05) is 13.8 Å². The third-order valence-electron chi connectivity index (χ3n) is 7.18. The number of benzene rings is 3. The van der Waals surface area contributed by atoms with Crippen LogP contribution >= 0.6 is 0 Å². The Labute approximate surface area is 196 Å². The lowest BCUT2D eigenvalue weighted by Gasteiger charge is -2.22. The van der Waals surface area contributed by atoms with Crippen molar-refractivity contribution in [3.63, 3.8) is 0 Å². The fourth-order valence-electron chi connectivity index (χ4n) is 4.57. The molecule has 1 aliphatic carbocycles. The van der Waals surface area contributed by atoms with Gasteiger partial charge >= 0.3 is 7.12 Å². The lowest BCUT2D eigenvalue weighted by atomic mass is 9.78. The van der Waals surface area contributed by atoms with E-state index in [2.05, 4.69) is 80.4 Å². The number of nitrogens with one attached hydrogen (secondary N) is 1. The average molecular weight is 440 g/mol. The van der Waals surface area contributed by atoms with Crippen LogP contribution in [0.1, 0.15) is 65.6 Å². The smallest absolute Gasteiger partial charge is 0.402 e. The number of imidazole rings is 1. The molecule has 1 unspecified atom stereocenters. The Hall–Kier alpha value is -2.63. The first-order valence-corrected chi connectivity index (χ1v) is 12.3. The van der Waals surface area contributed by atoms with Crippen LogP contribution in [0.15, 0.2) is 54.6 Å². The second kappa shape index (κ2) is 8.62.